The topological polar surface area (TPSA) is 29.5 Å². The van der Waals surface area contributed by atoms with Crippen molar-refractivity contribution in [2.45, 2.75) is 51.2 Å². The Morgan fingerprint density at radius 2 is 2.10 bits per heavy atom. The predicted octanol–water partition coefficient (Wildman–Crippen LogP) is 4.50. The third kappa shape index (κ3) is 3.16. The molecule has 1 aromatic rings. The van der Waals surface area contributed by atoms with Gasteiger partial charge in [0.15, 0.2) is 0 Å². The van der Waals surface area contributed by atoms with Gasteiger partial charge in [-0.1, -0.05) is 18.5 Å². The van der Waals surface area contributed by atoms with Crippen molar-refractivity contribution in [3.63, 3.8) is 0 Å². The molecule has 2 rings (SSSR count). The summed E-state index contributed by atoms with van der Waals surface area (Å²) in [4.78, 5) is 0. The van der Waals surface area contributed by atoms with Crippen molar-refractivity contribution in [3.8, 4) is 0 Å². The monoisotopic (exact) mass is 300 g/mol. The van der Waals surface area contributed by atoms with Gasteiger partial charge < -0.3 is 9.84 Å². The summed E-state index contributed by atoms with van der Waals surface area (Å²) in [7, 11) is 0. The van der Waals surface area contributed by atoms with Crippen LogP contribution in [0.2, 0.25) is 5.02 Å². The van der Waals surface area contributed by atoms with Crippen LogP contribution in [0.25, 0.3) is 0 Å². The fourth-order valence-electron chi connectivity index (χ4n) is 3.04. The molecule has 1 N–H and O–H groups in total. The molecule has 20 heavy (non-hydrogen) atoms. The van der Waals surface area contributed by atoms with Crippen LogP contribution < -0.4 is 0 Å². The van der Waals surface area contributed by atoms with Crippen LogP contribution in [-0.2, 0) is 4.74 Å². The molecule has 0 spiro atoms. The van der Waals surface area contributed by atoms with Gasteiger partial charge in [-0.05, 0) is 56.7 Å². The zero-order chi connectivity index (χ0) is 14.8. The number of rotatable bonds is 4. The number of ether oxygens (including phenoxy) is 1. The van der Waals surface area contributed by atoms with Crippen LogP contribution in [0, 0.1) is 11.7 Å². The summed E-state index contributed by atoms with van der Waals surface area (Å²) in [6.45, 7) is 4.65. The lowest BCUT2D eigenvalue weighted by Crippen LogP contribution is -2.43. The van der Waals surface area contributed by atoms with Crippen molar-refractivity contribution in [2.75, 3.05) is 6.61 Å². The van der Waals surface area contributed by atoms with Gasteiger partial charge in [0, 0.05) is 17.2 Å². The number of aliphatic hydroxyl groups is 1. The molecule has 1 unspecified atom stereocenters. The van der Waals surface area contributed by atoms with Gasteiger partial charge in [0.2, 0.25) is 0 Å². The predicted molar refractivity (Wildman–Crippen MR) is 78.4 cm³/mol. The van der Waals surface area contributed by atoms with Crippen LogP contribution in [0.5, 0.6) is 0 Å². The molecule has 1 aliphatic rings. The Hall–Kier alpha value is -0.640. The highest BCUT2D eigenvalue weighted by Crippen LogP contribution is 2.44. The Balaban J connectivity index is 2.31. The molecular formula is C16H22ClFO2. The van der Waals surface area contributed by atoms with Gasteiger partial charge in [-0.2, -0.15) is 0 Å². The second kappa shape index (κ2) is 6.42. The van der Waals surface area contributed by atoms with E-state index in [0.717, 1.165) is 25.7 Å². The van der Waals surface area contributed by atoms with Crippen molar-refractivity contribution in [3.05, 3.63) is 34.6 Å². The number of benzene rings is 1. The van der Waals surface area contributed by atoms with Gasteiger partial charge >= 0.3 is 0 Å². The molecule has 1 aliphatic carbocycles. The van der Waals surface area contributed by atoms with Gasteiger partial charge in [0.05, 0.1) is 5.60 Å². The summed E-state index contributed by atoms with van der Waals surface area (Å²) in [5, 5.41) is 11.1. The molecule has 0 aliphatic heterocycles. The van der Waals surface area contributed by atoms with Crippen molar-refractivity contribution >= 4 is 11.6 Å². The highest BCUT2D eigenvalue weighted by atomic mass is 35.5. The van der Waals surface area contributed by atoms with Crippen molar-refractivity contribution in [2.24, 2.45) is 5.92 Å². The fraction of sp³-hybridized carbons (Fsp3) is 0.625. The zero-order valence-corrected chi connectivity index (χ0v) is 12.8. The van der Waals surface area contributed by atoms with E-state index in [-0.39, 0.29) is 5.82 Å². The highest BCUT2D eigenvalue weighted by Gasteiger charge is 2.42. The lowest BCUT2D eigenvalue weighted by molar-refractivity contribution is -0.146. The molecule has 0 saturated heterocycles. The van der Waals surface area contributed by atoms with Crippen LogP contribution in [0.15, 0.2) is 18.2 Å². The van der Waals surface area contributed by atoms with E-state index < -0.39 is 11.7 Å². The van der Waals surface area contributed by atoms with E-state index in [4.69, 9.17) is 16.3 Å². The van der Waals surface area contributed by atoms with E-state index in [0.29, 0.717) is 23.1 Å². The molecule has 1 atom stereocenters. The molecular weight excluding hydrogens is 279 g/mol. The summed E-state index contributed by atoms with van der Waals surface area (Å²) < 4.78 is 19.3. The fourth-order valence-corrected chi connectivity index (χ4v) is 3.26. The normalized spacial score (nSPS) is 28.4. The van der Waals surface area contributed by atoms with E-state index in [1.165, 1.54) is 18.2 Å². The number of aliphatic hydroxyl groups excluding tert-OH is 1. The molecule has 1 fully saturated rings. The summed E-state index contributed by atoms with van der Waals surface area (Å²) >= 11 is 6.12. The molecule has 1 saturated carbocycles. The van der Waals surface area contributed by atoms with E-state index in [2.05, 4.69) is 6.92 Å². The number of hydrogen-bond acceptors (Lipinski definition) is 2. The molecule has 0 amide bonds. The first-order valence-electron chi connectivity index (χ1n) is 7.25. The smallest absolute Gasteiger partial charge is 0.123 e. The SMILES string of the molecule is CCOC1(C(O)c2cc(F)ccc2Cl)CCC(C)CC1. The average Bonchev–Trinajstić information content (AvgIpc) is 2.44. The Labute approximate surface area is 124 Å². The summed E-state index contributed by atoms with van der Waals surface area (Å²) in [5.74, 6) is 0.248. The first-order chi connectivity index (χ1) is 9.48. The zero-order valence-electron chi connectivity index (χ0n) is 12.0. The van der Waals surface area contributed by atoms with Gasteiger partial charge in [0.1, 0.15) is 11.9 Å². The minimum absolute atomic E-state index is 0.386. The van der Waals surface area contributed by atoms with Crippen molar-refractivity contribution in [1.82, 2.24) is 0 Å². The minimum Gasteiger partial charge on any atom is -0.385 e. The second-order valence-corrected chi connectivity index (χ2v) is 6.16. The number of halogens is 2. The lowest BCUT2D eigenvalue weighted by atomic mass is 9.74. The maximum absolute atomic E-state index is 13.4. The quantitative estimate of drug-likeness (QED) is 0.887. The van der Waals surface area contributed by atoms with Crippen molar-refractivity contribution in [1.29, 1.82) is 0 Å². The Morgan fingerprint density at radius 3 is 2.70 bits per heavy atom. The van der Waals surface area contributed by atoms with Crippen LogP contribution in [-0.4, -0.2) is 17.3 Å². The summed E-state index contributed by atoms with van der Waals surface area (Å²) in [6, 6.07) is 4.10. The van der Waals surface area contributed by atoms with Gasteiger partial charge in [-0.15, -0.1) is 0 Å². The maximum atomic E-state index is 13.4. The molecule has 0 radical (unpaired) electrons. The Morgan fingerprint density at radius 1 is 1.45 bits per heavy atom. The van der Waals surface area contributed by atoms with Crippen LogP contribution in [0.3, 0.4) is 0 Å². The van der Waals surface area contributed by atoms with Crippen LogP contribution >= 0.6 is 11.6 Å². The average molecular weight is 301 g/mol. The third-order valence-corrected chi connectivity index (χ3v) is 4.65. The Kier molecular flexibility index (Phi) is 5.05. The standard InChI is InChI=1S/C16H22ClFO2/c1-3-20-16(8-6-11(2)7-9-16)15(19)13-10-12(18)4-5-14(13)17/h4-5,10-11,15,19H,3,6-9H2,1-2H3. The summed E-state index contributed by atoms with van der Waals surface area (Å²) in [6.07, 6.45) is 2.66. The van der Waals surface area contributed by atoms with E-state index >= 15 is 0 Å². The molecule has 0 heterocycles. The first kappa shape index (κ1) is 15.7. The van der Waals surface area contributed by atoms with Crippen LogP contribution in [0.4, 0.5) is 4.39 Å². The van der Waals surface area contributed by atoms with E-state index in [1.54, 1.807) is 0 Å². The van der Waals surface area contributed by atoms with Gasteiger partial charge in [0.25, 0.3) is 0 Å². The number of hydrogen-bond donors (Lipinski definition) is 1. The Bertz CT molecular complexity index is 456. The van der Waals surface area contributed by atoms with Crippen molar-refractivity contribution < 1.29 is 14.2 Å². The maximum Gasteiger partial charge on any atom is 0.123 e. The van der Waals surface area contributed by atoms with Gasteiger partial charge in [-0.3, -0.25) is 0 Å². The largest absolute Gasteiger partial charge is 0.385 e. The highest BCUT2D eigenvalue weighted by molar-refractivity contribution is 6.31. The van der Waals surface area contributed by atoms with E-state index in [1.807, 2.05) is 6.92 Å². The first-order valence-corrected chi connectivity index (χ1v) is 7.63. The molecule has 1 aromatic carbocycles. The van der Waals surface area contributed by atoms with Crippen LogP contribution in [0.1, 0.15) is 51.2 Å². The molecule has 112 valence electrons. The molecule has 0 aromatic heterocycles. The molecule has 2 nitrogen and oxygen atoms in total. The molecule has 0 bridgehead atoms. The van der Waals surface area contributed by atoms with E-state index in [9.17, 15) is 9.50 Å². The second-order valence-electron chi connectivity index (χ2n) is 5.75. The molecule has 4 heteroatoms. The lowest BCUT2D eigenvalue weighted by Gasteiger charge is -2.42. The minimum atomic E-state index is -0.891. The van der Waals surface area contributed by atoms with Gasteiger partial charge in [-0.25, -0.2) is 4.39 Å². The summed E-state index contributed by atoms with van der Waals surface area (Å²) in [5.41, 5.74) is -0.215. The third-order valence-electron chi connectivity index (χ3n) is 4.30.